The van der Waals surface area contributed by atoms with Crippen LogP contribution in [-0.4, -0.2) is 23.8 Å². The Hall–Kier alpha value is -0.480. The third-order valence-electron chi connectivity index (χ3n) is 1.01. The minimum Gasteiger partial charge on any atom is -0.372 e. The zero-order valence-corrected chi connectivity index (χ0v) is 5.95. The highest BCUT2D eigenvalue weighted by atomic mass is 32.1. The van der Waals surface area contributed by atoms with Crippen LogP contribution in [0.1, 0.15) is 0 Å². The minimum absolute atomic E-state index is 0.00778. The lowest BCUT2D eigenvalue weighted by Gasteiger charge is -2.12. The van der Waals surface area contributed by atoms with Gasteiger partial charge in [0.05, 0.1) is 6.21 Å². The normalized spacial score (nSPS) is 25.1. The molecule has 1 atom stereocenters. The molecule has 0 saturated heterocycles. The lowest BCUT2D eigenvalue weighted by molar-refractivity contribution is 0.191. The zero-order chi connectivity index (χ0) is 6.69. The molecule has 9 heavy (non-hydrogen) atoms. The van der Waals surface area contributed by atoms with Gasteiger partial charge in [-0.25, -0.2) is 4.41 Å². The van der Waals surface area contributed by atoms with Gasteiger partial charge in [-0.3, -0.25) is 0 Å². The fourth-order valence-electron chi connectivity index (χ4n) is 0.523. The minimum atomic E-state index is 0.00778. The molecule has 0 saturated carbocycles. The molecule has 0 aliphatic carbocycles. The number of ether oxygens (including phenoxy) is 1. The first-order valence-electron chi connectivity index (χ1n) is 2.56. The zero-order valence-electron chi connectivity index (χ0n) is 5.06. The Morgan fingerprint density at radius 1 is 1.78 bits per heavy atom. The van der Waals surface area contributed by atoms with Gasteiger partial charge in [0.2, 0.25) is 0 Å². The van der Waals surface area contributed by atoms with Gasteiger partial charge in [-0.1, -0.05) is 0 Å². The summed E-state index contributed by atoms with van der Waals surface area (Å²) in [5, 5.41) is 3.84. The molecule has 50 valence electrons. The lowest BCUT2D eigenvalue weighted by Crippen LogP contribution is -2.15. The van der Waals surface area contributed by atoms with E-state index in [1.54, 1.807) is 19.5 Å². The van der Waals surface area contributed by atoms with Crippen LogP contribution in [0.25, 0.3) is 0 Å². The molecule has 1 heterocycles. The van der Waals surface area contributed by atoms with Gasteiger partial charge in [-0.2, -0.15) is 5.10 Å². The molecule has 4 heteroatoms. The van der Waals surface area contributed by atoms with Crippen molar-refractivity contribution >= 4 is 19.0 Å². The van der Waals surface area contributed by atoms with Crippen LogP contribution in [0.2, 0.25) is 0 Å². The molecule has 0 bridgehead atoms. The summed E-state index contributed by atoms with van der Waals surface area (Å²) in [4.78, 5) is 0. The summed E-state index contributed by atoms with van der Waals surface area (Å²) in [7, 11) is 1.63. The molecule has 0 N–H and O–H groups in total. The average molecular weight is 144 g/mol. The van der Waals surface area contributed by atoms with Crippen molar-refractivity contribution in [2.75, 3.05) is 7.11 Å². The summed E-state index contributed by atoms with van der Waals surface area (Å²) in [6, 6.07) is 0. The first kappa shape index (κ1) is 6.64. The van der Waals surface area contributed by atoms with E-state index in [2.05, 4.69) is 17.9 Å². The van der Waals surface area contributed by atoms with Gasteiger partial charge in [0, 0.05) is 13.3 Å². The second-order valence-corrected chi connectivity index (χ2v) is 2.04. The van der Waals surface area contributed by atoms with Gasteiger partial charge in [0.15, 0.2) is 0 Å². The molecule has 0 aromatic carbocycles. The molecule has 1 rings (SSSR count). The van der Waals surface area contributed by atoms with Crippen LogP contribution in [0, 0.1) is 0 Å². The van der Waals surface area contributed by atoms with Gasteiger partial charge in [-0.15, -0.1) is 0 Å². The summed E-state index contributed by atoms with van der Waals surface area (Å²) in [6.07, 6.45) is 5.28. The van der Waals surface area contributed by atoms with Crippen LogP contribution in [0.5, 0.6) is 0 Å². The average Bonchev–Trinajstić information content (AvgIpc) is 1.90. The summed E-state index contributed by atoms with van der Waals surface area (Å²) in [6.45, 7) is 0. The van der Waals surface area contributed by atoms with E-state index in [4.69, 9.17) is 4.74 Å². The topological polar surface area (TPSA) is 24.8 Å². The first-order valence-corrected chi connectivity index (χ1v) is 2.96. The van der Waals surface area contributed by atoms with Crippen molar-refractivity contribution in [2.45, 2.75) is 6.10 Å². The predicted octanol–water partition coefficient (Wildman–Crippen LogP) is 0.661. The Morgan fingerprint density at radius 2 is 2.56 bits per heavy atom. The SMILES string of the molecule is COC1C=CN(S)N=C1. The molecule has 0 fully saturated rings. The Bertz CT molecular complexity index is 132. The van der Waals surface area contributed by atoms with Crippen LogP contribution in [0.15, 0.2) is 17.4 Å². The maximum atomic E-state index is 4.94. The Kier molecular flexibility index (Phi) is 2.13. The van der Waals surface area contributed by atoms with E-state index < -0.39 is 0 Å². The molecule has 0 radical (unpaired) electrons. The second-order valence-electron chi connectivity index (χ2n) is 1.63. The highest BCUT2D eigenvalue weighted by molar-refractivity contribution is 7.77. The standard InChI is InChI=1S/C5H8N2OS/c1-8-5-2-3-7(9)6-4-5/h2-5,9H,1H3. The third kappa shape index (κ3) is 1.73. The molecular weight excluding hydrogens is 136 g/mol. The number of methoxy groups -OCH3 is 1. The van der Waals surface area contributed by atoms with Crippen LogP contribution >= 0.6 is 12.8 Å². The monoisotopic (exact) mass is 144 g/mol. The van der Waals surface area contributed by atoms with Crippen molar-refractivity contribution in [3.8, 4) is 0 Å². The van der Waals surface area contributed by atoms with E-state index in [1.807, 2.05) is 6.08 Å². The van der Waals surface area contributed by atoms with Gasteiger partial charge in [0.1, 0.15) is 6.10 Å². The molecule has 0 spiro atoms. The predicted molar refractivity (Wildman–Crippen MR) is 39.3 cm³/mol. The highest BCUT2D eigenvalue weighted by Crippen LogP contribution is 2.03. The van der Waals surface area contributed by atoms with Gasteiger partial charge >= 0.3 is 0 Å². The fraction of sp³-hybridized carbons (Fsp3) is 0.400. The van der Waals surface area contributed by atoms with Crippen LogP contribution in [0.3, 0.4) is 0 Å². The smallest absolute Gasteiger partial charge is 0.114 e. The first-order chi connectivity index (χ1) is 4.33. The molecule has 1 unspecified atom stereocenters. The Morgan fingerprint density at radius 3 is 3.00 bits per heavy atom. The summed E-state index contributed by atoms with van der Waals surface area (Å²) < 4.78 is 6.37. The fourth-order valence-corrected chi connectivity index (χ4v) is 0.660. The number of hydrogen-bond acceptors (Lipinski definition) is 4. The van der Waals surface area contributed by atoms with E-state index in [-0.39, 0.29) is 6.10 Å². The highest BCUT2D eigenvalue weighted by Gasteiger charge is 2.02. The largest absolute Gasteiger partial charge is 0.372 e. The maximum Gasteiger partial charge on any atom is 0.114 e. The van der Waals surface area contributed by atoms with Crippen molar-refractivity contribution in [1.82, 2.24) is 4.41 Å². The van der Waals surface area contributed by atoms with Crippen LogP contribution in [0.4, 0.5) is 0 Å². The second kappa shape index (κ2) is 2.89. The molecule has 1 aliphatic rings. The van der Waals surface area contributed by atoms with Crippen molar-refractivity contribution in [2.24, 2.45) is 5.10 Å². The van der Waals surface area contributed by atoms with Crippen molar-refractivity contribution in [3.05, 3.63) is 12.3 Å². The van der Waals surface area contributed by atoms with Gasteiger partial charge < -0.3 is 4.74 Å². The summed E-state index contributed by atoms with van der Waals surface area (Å²) in [5.41, 5.74) is 0. The van der Waals surface area contributed by atoms with Gasteiger partial charge in [-0.05, 0) is 18.9 Å². The molecule has 0 aromatic heterocycles. The Balaban J connectivity index is 2.48. The van der Waals surface area contributed by atoms with Crippen molar-refractivity contribution < 1.29 is 4.74 Å². The number of rotatable bonds is 1. The van der Waals surface area contributed by atoms with Crippen molar-refractivity contribution in [3.63, 3.8) is 0 Å². The number of hydrogen-bond donors (Lipinski definition) is 1. The van der Waals surface area contributed by atoms with Crippen LogP contribution < -0.4 is 0 Å². The van der Waals surface area contributed by atoms with E-state index in [0.717, 1.165) is 0 Å². The molecule has 0 aromatic rings. The number of thiol groups is 1. The Labute approximate surface area is 59.5 Å². The van der Waals surface area contributed by atoms with E-state index in [0.29, 0.717) is 0 Å². The lowest BCUT2D eigenvalue weighted by atomic mass is 10.3. The van der Waals surface area contributed by atoms with E-state index in [1.165, 1.54) is 4.41 Å². The number of hydrazone groups is 1. The summed E-state index contributed by atoms with van der Waals surface area (Å²) >= 11 is 3.93. The van der Waals surface area contributed by atoms with Crippen LogP contribution in [-0.2, 0) is 4.74 Å². The van der Waals surface area contributed by atoms with Gasteiger partial charge in [0.25, 0.3) is 0 Å². The third-order valence-corrected chi connectivity index (χ3v) is 1.25. The summed E-state index contributed by atoms with van der Waals surface area (Å²) in [5.74, 6) is 0. The molecule has 3 nitrogen and oxygen atoms in total. The van der Waals surface area contributed by atoms with Crippen molar-refractivity contribution in [1.29, 1.82) is 0 Å². The molecular formula is C5H8N2OS. The molecule has 0 amide bonds. The quantitative estimate of drug-likeness (QED) is 0.547. The van der Waals surface area contributed by atoms with E-state index >= 15 is 0 Å². The maximum absolute atomic E-state index is 4.94. The number of nitrogens with zero attached hydrogens (tertiary/aromatic N) is 2. The van der Waals surface area contributed by atoms with E-state index in [9.17, 15) is 0 Å². The molecule has 1 aliphatic heterocycles.